The number of imide groups is 1. The number of thioether (sulfide) groups is 1. The number of fused-ring (bicyclic) bond motifs is 1. The summed E-state index contributed by atoms with van der Waals surface area (Å²) in [6.07, 6.45) is 7.79. The zero-order valence-corrected chi connectivity index (χ0v) is 21.0. The fraction of sp³-hybridized carbons (Fsp3) is 0.259. The number of carbonyl (C=O) groups excluding carboxylic acids is 4. The minimum atomic E-state index is -0.511. The highest BCUT2D eigenvalue weighted by molar-refractivity contribution is 8.18. The van der Waals surface area contributed by atoms with E-state index in [9.17, 15) is 19.2 Å². The molecule has 1 saturated carbocycles. The van der Waals surface area contributed by atoms with E-state index in [1.165, 1.54) is 0 Å². The lowest BCUT2D eigenvalue weighted by Crippen LogP contribution is -2.35. The van der Waals surface area contributed by atoms with Gasteiger partial charge in [0.2, 0.25) is 5.91 Å². The number of benzene rings is 2. The predicted octanol–water partition coefficient (Wildman–Crippen LogP) is 5.27. The maximum absolute atomic E-state index is 13.0. The molecule has 2 heterocycles. The van der Waals surface area contributed by atoms with Crippen molar-refractivity contribution < 1.29 is 19.2 Å². The Labute approximate surface area is 217 Å². The van der Waals surface area contributed by atoms with Crippen molar-refractivity contribution in [2.75, 3.05) is 6.54 Å². The Balaban J connectivity index is 1.35. The summed E-state index contributed by atoms with van der Waals surface area (Å²) in [4.78, 5) is 52.1. The summed E-state index contributed by atoms with van der Waals surface area (Å²) in [5, 5.41) is 3.98. The van der Waals surface area contributed by atoms with Crippen molar-refractivity contribution in [1.82, 2.24) is 14.8 Å². The van der Waals surface area contributed by atoms with Gasteiger partial charge in [-0.2, -0.15) is 0 Å². The zero-order valence-electron chi connectivity index (χ0n) is 19.4. The summed E-state index contributed by atoms with van der Waals surface area (Å²) in [5.41, 5.74) is 1.97. The first-order valence-electron chi connectivity index (χ1n) is 11.8. The molecule has 7 nitrogen and oxygen atoms in total. The normalized spacial score (nSPS) is 17.5. The number of rotatable bonds is 7. The molecule has 0 spiro atoms. The second-order valence-corrected chi connectivity index (χ2v) is 10.4. The van der Waals surface area contributed by atoms with Crippen LogP contribution in [0.5, 0.6) is 0 Å². The molecule has 3 amide bonds. The van der Waals surface area contributed by atoms with Crippen molar-refractivity contribution in [1.29, 1.82) is 0 Å². The van der Waals surface area contributed by atoms with Crippen LogP contribution in [-0.2, 0) is 16.1 Å². The van der Waals surface area contributed by atoms with E-state index in [1.807, 2.05) is 35.0 Å². The molecule has 1 aliphatic heterocycles. The van der Waals surface area contributed by atoms with Gasteiger partial charge in [0.25, 0.3) is 11.1 Å². The van der Waals surface area contributed by atoms with Crippen LogP contribution in [-0.4, -0.2) is 44.9 Å². The second-order valence-electron chi connectivity index (χ2n) is 8.98. The molecule has 0 unspecified atom stereocenters. The molecule has 1 aromatic heterocycles. The maximum atomic E-state index is 13.0. The quantitative estimate of drug-likeness (QED) is 0.338. The maximum Gasteiger partial charge on any atom is 0.293 e. The Morgan fingerprint density at radius 1 is 1.03 bits per heavy atom. The fourth-order valence-corrected chi connectivity index (χ4v) is 5.62. The lowest BCUT2D eigenvalue weighted by molar-refractivity contribution is -0.123. The molecule has 5 rings (SSSR count). The van der Waals surface area contributed by atoms with Gasteiger partial charge in [-0.3, -0.25) is 24.1 Å². The second kappa shape index (κ2) is 10.3. The lowest BCUT2D eigenvalue weighted by atomic mass is 10.1. The summed E-state index contributed by atoms with van der Waals surface area (Å²) in [6.45, 7) is -0.172. The number of nitrogens with one attached hydrogen (secondary N) is 1. The highest BCUT2D eigenvalue weighted by Crippen LogP contribution is 2.34. The lowest BCUT2D eigenvalue weighted by Gasteiger charge is -2.12. The minimum absolute atomic E-state index is 0.0461. The van der Waals surface area contributed by atoms with Gasteiger partial charge in [-0.25, -0.2) is 0 Å². The molecule has 0 radical (unpaired) electrons. The Hall–Kier alpha value is -3.36. The van der Waals surface area contributed by atoms with Crippen LogP contribution in [0.25, 0.3) is 17.0 Å². The molecule has 2 fully saturated rings. The van der Waals surface area contributed by atoms with Crippen LogP contribution in [0, 0.1) is 0 Å². The summed E-state index contributed by atoms with van der Waals surface area (Å²) >= 11 is 6.68. The number of aromatic nitrogens is 1. The molecule has 0 atom stereocenters. The van der Waals surface area contributed by atoms with E-state index in [1.54, 1.807) is 30.3 Å². The van der Waals surface area contributed by atoms with E-state index < -0.39 is 11.1 Å². The average Bonchev–Trinajstić information content (AvgIpc) is 3.56. The van der Waals surface area contributed by atoms with Crippen LogP contribution in [0.3, 0.4) is 0 Å². The molecule has 1 N–H and O–H groups in total. The van der Waals surface area contributed by atoms with Crippen LogP contribution in [0.4, 0.5) is 4.79 Å². The molecule has 2 aliphatic rings. The molecule has 9 heteroatoms. The van der Waals surface area contributed by atoms with Gasteiger partial charge in [0, 0.05) is 39.3 Å². The Kier molecular flexibility index (Phi) is 6.98. The largest absolute Gasteiger partial charge is 0.352 e. The van der Waals surface area contributed by atoms with Crippen LogP contribution < -0.4 is 5.32 Å². The Bertz CT molecular complexity index is 1390. The van der Waals surface area contributed by atoms with E-state index in [2.05, 4.69) is 5.32 Å². The number of halogens is 1. The molecule has 0 bridgehead atoms. The third-order valence-corrected chi connectivity index (χ3v) is 7.64. The van der Waals surface area contributed by atoms with Gasteiger partial charge in [-0.15, -0.1) is 0 Å². The predicted molar refractivity (Wildman–Crippen MR) is 141 cm³/mol. The third kappa shape index (κ3) is 5.10. The van der Waals surface area contributed by atoms with Crippen molar-refractivity contribution in [3.05, 3.63) is 75.8 Å². The molecular formula is C27H24ClN3O4S. The van der Waals surface area contributed by atoms with E-state index in [4.69, 9.17) is 11.6 Å². The molecule has 1 aliphatic carbocycles. The summed E-state index contributed by atoms with van der Waals surface area (Å²) in [6, 6.07) is 14.2. The average molecular weight is 522 g/mol. The zero-order chi connectivity index (χ0) is 25.2. The van der Waals surface area contributed by atoms with Gasteiger partial charge in [0.15, 0.2) is 5.78 Å². The van der Waals surface area contributed by atoms with Crippen LogP contribution in [0.2, 0.25) is 5.02 Å². The molecule has 36 heavy (non-hydrogen) atoms. The standard InChI is InChI=1S/C27H24ClN3O4S/c28-19-11-9-17(10-12-19)23(32)15-31-26(34)24(36-27(31)35)13-18-14-30(22-8-4-3-7-21(18)22)16-25(33)29-20-5-1-2-6-20/h3-4,7-14,20H,1-2,5-6,15-16H2,(H,29,33)/b24-13-. The van der Waals surface area contributed by atoms with Gasteiger partial charge in [-0.1, -0.05) is 42.6 Å². The van der Waals surface area contributed by atoms with Gasteiger partial charge >= 0.3 is 0 Å². The number of ketones is 1. The first-order valence-corrected chi connectivity index (χ1v) is 13.0. The summed E-state index contributed by atoms with van der Waals surface area (Å²) in [5.74, 6) is -0.904. The number of nitrogens with zero attached hydrogens (tertiary/aromatic N) is 2. The van der Waals surface area contributed by atoms with Crippen molar-refractivity contribution in [3.8, 4) is 0 Å². The number of carbonyl (C=O) groups is 4. The number of para-hydroxylation sites is 1. The first-order chi connectivity index (χ1) is 17.4. The summed E-state index contributed by atoms with van der Waals surface area (Å²) < 4.78 is 1.86. The fourth-order valence-electron chi connectivity index (χ4n) is 4.67. The van der Waals surface area contributed by atoms with E-state index in [0.717, 1.165) is 58.8 Å². The highest BCUT2D eigenvalue weighted by Gasteiger charge is 2.36. The monoisotopic (exact) mass is 521 g/mol. The molecule has 2 aromatic carbocycles. The van der Waals surface area contributed by atoms with Gasteiger partial charge in [-0.05, 0) is 61.0 Å². The highest BCUT2D eigenvalue weighted by atomic mass is 35.5. The van der Waals surface area contributed by atoms with Crippen molar-refractivity contribution >= 4 is 63.2 Å². The van der Waals surface area contributed by atoms with Crippen molar-refractivity contribution in [2.24, 2.45) is 0 Å². The first kappa shape index (κ1) is 24.3. The van der Waals surface area contributed by atoms with Crippen molar-refractivity contribution in [3.63, 3.8) is 0 Å². The van der Waals surface area contributed by atoms with E-state index in [0.29, 0.717) is 10.6 Å². The molecule has 184 valence electrons. The number of amides is 3. The van der Waals surface area contributed by atoms with Gasteiger partial charge in [0.05, 0.1) is 11.4 Å². The molecular weight excluding hydrogens is 498 g/mol. The minimum Gasteiger partial charge on any atom is -0.352 e. The van der Waals surface area contributed by atoms with Crippen LogP contribution in [0.15, 0.2) is 59.6 Å². The smallest absolute Gasteiger partial charge is 0.293 e. The van der Waals surface area contributed by atoms with Crippen molar-refractivity contribution in [2.45, 2.75) is 38.3 Å². The van der Waals surface area contributed by atoms with Crippen LogP contribution >= 0.6 is 23.4 Å². The molecule has 1 saturated heterocycles. The Morgan fingerprint density at radius 2 is 1.75 bits per heavy atom. The SMILES string of the molecule is O=C(Cn1cc(/C=C2\SC(=O)N(CC(=O)c3ccc(Cl)cc3)C2=O)c2ccccc21)NC1CCCC1. The van der Waals surface area contributed by atoms with E-state index in [-0.39, 0.29) is 35.7 Å². The number of hydrogen-bond donors (Lipinski definition) is 1. The van der Waals surface area contributed by atoms with Gasteiger partial charge < -0.3 is 9.88 Å². The van der Waals surface area contributed by atoms with Crippen LogP contribution in [0.1, 0.15) is 41.6 Å². The third-order valence-electron chi connectivity index (χ3n) is 6.48. The summed E-state index contributed by atoms with van der Waals surface area (Å²) in [7, 11) is 0. The Morgan fingerprint density at radius 3 is 2.50 bits per heavy atom. The number of hydrogen-bond acceptors (Lipinski definition) is 5. The number of Topliss-reactive ketones (excluding diaryl/α,β-unsaturated/α-hetero) is 1. The van der Waals surface area contributed by atoms with E-state index >= 15 is 0 Å². The topological polar surface area (TPSA) is 88.5 Å². The molecule has 3 aromatic rings. The van der Waals surface area contributed by atoms with Gasteiger partial charge in [0.1, 0.15) is 6.54 Å².